The number of halogens is 1. The molecule has 9 heteroatoms. The number of thiol groups is 1. The predicted octanol–water partition coefficient (Wildman–Crippen LogP) is 2.80. The van der Waals surface area contributed by atoms with E-state index in [1.807, 2.05) is 11.0 Å². The summed E-state index contributed by atoms with van der Waals surface area (Å²) in [4.78, 5) is 25.3. The minimum Gasteiger partial charge on any atom is -0.481 e. The highest BCUT2D eigenvalue weighted by Crippen LogP contribution is 2.32. The number of piperidine rings is 1. The molecule has 1 fully saturated rings. The van der Waals surface area contributed by atoms with Gasteiger partial charge in [0.15, 0.2) is 0 Å². The van der Waals surface area contributed by atoms with Gasteiger partial charge in [-0.25, -0.2) is 9.18 Å². The van der Waals surface area contributed by atoms with Gasteiger partial charge in [-0.3, -0.25) is 14.4 Å². The summed E-state index contributed by atoms with van der Waals surface area (Å²) in [6, 6.07) is 7.12. The van der Waals surface area contributed by atoms with E-state index < -0.39 is 23.8 Å². The van der Waals surface area contributed by atoms with Crippen LogP contribution >= 0.6 is 12.6 Å². The van der Waals surface area contributed by atoms with Crippen LogP contribution in [-0.2, 0) is 20.9 Å². The first kappa shape index (κ1) is 22.0. The fraction of sp³-hybridized carbons (Fsp3) is 0.381. The zero-order chi connectivity index (χ0) is 21.7. The fourth-order valence-electron chi connectivity index (χ4n) is 3.58. The number of methoxy groups -OCH3 is 1. The maximum absolute atomic E-state index is 14.4. The van der Waals surface area contributed by atoms with Crippen molar-refractivity contribution in [3.63, 3.8) is 0 Å². The molecular formula is C21H24FN3O4S. The van der Waals surface area contributed by atoms with E-state index in [0.29, 0.717) is 19.5 Å². The molecule has 1 N–H and O–H groups in total. The Morgan fingerprint density at radius 1 is 1.40 bits per heavy atom. The lowest BCUT2D eigenvalue weighted by Gasteiger charge is -2.36. The molecule has 1 aliphatic heterocycles. The third kappa shape index (κ3) is 5.09. The van der Waals surface area contributed by atoms with Gasteiger partial charge < -0.3 is 9.84 Å². The Morgan fingerprint density at radius 3 is 2.87 bits per heavy atom. The average molecular weight is 434 g/mol. The quantitative estimate of drug-likeness (QED) is 0.516. The van der Waals surface area contributed by atoms with E-state index in [9.17, 15) is 14.0 Å². The first-order valence-electron chi connectivity index (χ1n) is 9.59. The van der Waals surface area contributed by atoms with Crippen LogP contribution in [0.5, 0.6) is 0 Å². The van der Waals surface area contributed by atoms with E-state index in [2.05, 4.69) is 17.7 Å². The molecule has 1 aliphatic rings. The second-order valence-corrected chi connectivity index (χ2v) is 7.69. The number of ether oxygens (including phenoxy) is 1. The van der Waals surface area contributed by atoms with Gasteiger partial charge in [0, 0.05) is 30.1 Å². The minimum atomic E-state index is -0.897. The standard InChI is InChI=1S/C21H24FN3O4S/c1-29-21(28)20(16-4-2-3-5-17(16)22)24-10-7-18(30)14(13-24)12-15-6-9-23-25(15)11-8-19(26)27/h2-6,9,12,18,20,30H,7-8,10-11,13H2,1H3,(H,26,27). The third-order valence-electron chi connectivity index (χ3n) is 5.11. The lowest BCUT2D eigenvalue weighted by Crippen LogP contribution is -2.42. The monoisotopic (exact) mass is 433 g/mol. The van der Waals surface area contributed by atoms with Gasteiger partial charge >= 0.3 is 11.9 Å². The number of carbonyl (C=O) groups is 2. The lowest BCUT2D eigenvalue weighted by molar-refractivity contribution is -0.147. The number of rotatable bonds is 7. The molecule has 0 saturated carbocycles. The summed E-state index contributed by atoms with van der Waals surface area (Å²) < 4.78 is 21.0. The van der Waals surface area contributed by atoms with Gasteiger partial charge in [0.1, 0.15) is 11.9 Å². The van der Waals surface area contributed by atoms with E-state index in [4.69, 9.17) is 9.84 Å². The SMILES string of the molecule is COC(=O)C(c1ccccc1F)N1CCC(S)C(=Cc2ccnn2CCC(=O)O)C1. The molecule has 30 heavy (non-hydrogen) atoms. The number of carboxylic acid groups (broad SMARTS) is 1. The molecule has 160 valence electrons. The van der Waals surface area contributed by atoms with Crippen molar-refractivity contribution in [2.24, 2.45) is 0 Å². The molecule has 1 aromatic heterocycles. The van der Waals surface area contributed by atoms with Crippen molar-refractivity contribution < 1.29 is 23.8 Å². The van der Waals surface area contributed by atoms with Crippen LogP contribution in [0.1, 0.15) is 30.1 Å². The van der Waals surface area contributed by atoms with Gasteiger partial charge in [0.25, 0.3) is 0 Å². The predicted molar refractivity (Wildman–Crippen MR) is 113 cm³/mol. The summed E-state index contributed by atoms with van der Waals surface area (Å²) in [6.07, 6.45) is 4.15. The average Bonchev–Trinajstić information content (AvgIpc) is 3.17. The van der Waals surface area contributed by atoms with Gasteiger partial charge in [0.05, 0.1) is 25.8 Å². The molecule has 2 heterocycles. The smallest absolute Gasteiger partial charge is 0.327 e. The van der Waals surface area contributed by atoms with Crippen LogP contribution < -0.4 is 0 Å². The summed E-state index contributed by atoms with van der Waals surface area (Å²) in [7, 11) is 1.29. The molecule has 2 aromatic rings. The number of carboxylic acids is 1. The zero-order valence-electron chi connectivity index (χ0n) is 16.6. The Balaban J connectivity index is 1.88. The van der Waals surface area contributed by atoms with E-state index in [-0.39, 0.29) is 23.8 Å². The Hall–Kier alpha value is -2.65. The van der Waals surface area contributed by atoms with Crippen LogP contribution in [-0.4, -0.2) is 57.2 Å². The number of esters is 1. The lowest BCUT2D eigenvalue weighted by atomic mass is 9.97. The highest BCUT2D eigenvalue weighted by Gasteiger charge is 2.34. The number of hydrogen-bond donors (Lipinski definition) is 2. The number of aromatic nitrogens is 2. The Labute approximate surface area is 179 Å². The molecule has 0 aliphatic carbocycles. The largest absolute Gasteiger partial charge is 0.481 e. The topological polar surface area (TPSA) is 84.7 Å². The molecule has 7 nitrogen and oxygen atoms in total. The van der Waals surface area contributed by atoms with Gasteiger partial charge in [-0.1, -0.05) is 18.2 Å². The maximum Gasteiger partial charge on any atom is 0.327 e. The molecule has 1 aromatic carbocycles. The highest BCUT2D eigenvalue weighted by molar-refractivity contribution is 7.81. The minimum absolute atomic E-state index is 0.0357. The molecule has 0 amide bonds. The summed E-state index contributed by atoms with van der Waals surface area (Å²) >= 11 is 4.67. The first-order valence-corrected chi connectivity index (χ1v) is 10.1. The first-order chi connectivity index (χ1) is 14.4. The van der Waals surface area contributed by atoms with Crippen molar-refractivity contribution in [2.45, 2.75) is 30.7 Å². The van der Waals surface area contributed by atoms with Crippen LogP contribution in [0.2, 0.25) is 0 Å². The number of carbonyl (C=O) groups excluding carboxylic acids is 1. The molecule has 2 atom stereocenters. The highest BCUT2D eigenvalue weighted by atomic mass is 32.1. The normalized spacial score (nSPS) is 19.6. The van der Waals surface area contributed by atoms with Crippen molar-refractivity contribution in [3.05, 3.63) is 59.2 Å². The van der Waals surface area contributed by atoms with Gasteiger partial charge in [-0.15, -0.1) is 0 Å². The number of hydrogen-bond acceptors (Lipinski definition) is 6. The second-order valence-electron chi connectivity index (χ2n) is 7.06. The number of benzene rings is 1. The van der Waals surface area contributed by atoms with Crippen LogP contribution in [0.25, 0.3) is 6.08 Å². The van der Waals surface area contributed by atoms with E-state index in [0.717, 1.165) is 11.3 Å². The maximum atomic E-state index is 14.4. The number of aliphatic carboxylic acids is 1. The number of likely N-dealkylation sites (tertiary alicyclic amines) is 1. The van der Waals surface area contributed by atoms with E-state index >= 15 is 0 Å². The van der Waals surface area contributed by atoms with E-state index in [1.54, 1.807) is 35.1 Å². The Kier molecular flexibility index (Phi) is 7.28. The summed E-state index contributed by atoms with van der Waals surface area (Å²) in [5, 5.41) is 13.1. The molecule has 0 radical (unpaired) electrons. The van der Waals surface area contributed by atoms with Crippen LogP contribution in [0.15, 0.2) is 42.1 Å². The third-order valence-corrected chi connectivity index (χ3v) is 5.70. The molecule has 2 unspecified atom stereocenters. The van der Waals surface area contributed by atoms with Crippen LogP contribution in [0, 0.1) is 5.82 Å². The van der Waals surface area contributed by atoms with Crippen LogP contribution in [0.3, 0.4) is 0 Å². The molecule has 0 bridgehead atoms. The summed E-state index contributed by atoms with van der Waals surface area (Å²) in [5.74, 6) is -1.88. The van der Waals surface area contributed by atoms with Crippen molar-refractivity contribution >= 4 is 30.6 Å². The number of aryl methyl sites for hydroxylation is 1. The van der Waals surface area contributed by atoms with Crippen molar-refractivity contribution in [3.8, 4) is 0 Å². The molecule has 3 rings (SSSR count). The van der Waals surface area contributed by atoms with Crippen LogP contribution in [0.4, 0.5) is 4.39 Å². The van der Waals surface area contributed by atoms with Crippen molar-refractivity contribution in [1.29, 1.82) is 0 Å². The van der Waals surface area contributed by atoms with Crippen molar-refractivity contribution in [2.75, 3.05) is 20.2 Å². The fourth-order valence-corrected chi connectivity index (χ4v) is 3.85. The molecule has 0 spiro atoms. The van der Waals surface area contributed by atoms with Gasteiger partial charge in [-0.2, -0.15) is 17.7 Å². The van der Waals surface area contributed by atoms with Crippen molar-refractivity contribution in [1.82, 2.24) is 14.7 Å². The Morgan fingerprint density at radius 2 is 2.17 bits per heavy atom. The zero-order valence-corrected chi connectivity index (χ0v) is 17.5. The summed E-state index contributed by atoms with van der Waals surface area (Å²) in [6.45, 7) is 1.20. The van der Waals surface area contributed by atoms with E-state index in [1.165, 1.54) is 13.2 Å². The van der Waals surface area contributed by atoms with Gasteiger partial charge in [0.2, 0.25) is 0 Å². The van der Waals surface area contributed by atoms with Gasteiger partial charge in [-0.05, 0) is 30.2 Å². The Bertz CT molecular complexity index is 946. The number of nitrogens with zero attached hydrogens (tertiary/aromatic N) is 3. The molecular weight excluding hydrogens is 409 g/mol. The summed E-state index contributed by atoms with van der Waals surface area (Å²) in [5.41, 5.74) is 1.97. The molecule has 1 saturated heterocycles. The second kappa shape index (κ2) is 9.90.